The quantitative estimate of drug-likeness (QED) is 0.783. The Kier molecular flexibility index (Phi) is 3.71. The largest absolute Gasteiger partial charge is 0.337 e. The van der Waals surface area contributed by atoms with Crippen molar-refractivity contribution >= 4 is 31.6 Å². The Balaban J connectivity index is 1.91. The van der Waals surface area contributed by atoms with Crippen LogP contribution >= 0.6 is 11.3 Å². The van der Waals surface area contributed by atoms with E-state index >= 15 is 0 Å². The average molecular weight is 338 g/mol. The van der Waals surface area contributed by atoms with Gasteiger partial charge in [0, 0.05) is 5.56 Å². The molecule has 0 aliphatic rings. The number of aromatic nitrogens is 3. The van der Waals surface area contributed by atoms with Crippen LogP contribution in [0.25, 0.3) is 21.6 Å². The smallest absolute Gasteiger partial charge is 0.244 e. The molecule has 2 aromatic heterocycles. The van der Waals surface area contributed by atoms with Crippen molar-refractivity contribution in [2.75, 3.05) is 6.26 Å². The third-order valence-corrected chi connectivity index (χ3v) is 4.67. The molecule has 3 rings (SSSR count). The molecule has 0 saturated heterocycles. The molecule has 0 fully saturated rings. The van der Waals surface area contributed by atoms with Gasteiger partial charge in [-0.15, -0.1) is 11.3 Å². The van der Waals surface area contributed by atoms with Crippen LogP contribution in [-0.2, 0) is 10.0 Å². The lowest BCUT2D eigenvalue weighted by molar-refractivity contribution is 0.354. The minimum absolute atomic E-state index is 0.223. The van der Waals surface area contributed by atoms with E-state index in [1.54, 1.807) is 18.3 Å². The number of thiazole rings is 1. The van der Waals surface area contributed by atoms with Crippen molar-refractivity contribution < 1.29 is 12.9 Å². The molecule has 1 unspecified atom stereocenters. The molecule has 1 aromatic carbocycles. The summed E-state index contributed by atoms with van der Waals surface area (Å²) in [6.45, 7) is 3.60. The van der Waals surface area contributed by atoms with Crippen molar-refractivity contribution in [1.29, 1.82) is 0 Å². The number of hydrogen-bond donors (Lipinski definition) is 1. The molecule has 0 amide bonds. The fraction of sp³-hybridized carbons (Fsp3) is 0.308. The molecule has 3 aromatic rings. The van der Waals surface area contributed by atoms with Crippen LogP contribution in [-0.4, -0.2) is 29.8 Å². The standard InChI is InChI=1S/C13H14N4O3S2/c1-7(17-22(3,18)19)13-15-12(16-20-13)9-4-5-10-11(6-9)21-8(2)14-10/h4-7,17H,1-3H3. The average Bonchev–Trinajstić information content (AvgIpc) is 3.00. The Morgan fingerprint density at radius 1 is 1.32 bits per heavy atom. The van der Waals surface area contributed by atoms with Crippen LogP contribution in [0.4, 0.5) is 0 Å². The van der Waals surface area contributed by atoms with Gasteiger partial charge in [-0.3, -0.25) is 0 Å². The second-order valence-electron chi connectivity index (χ2n) is 4.98. The molecule has 2 heterocycles. The fourth-order valence-electron chi connectivity index (χ4n) is 2.08. The highest BCUT2D eigenvalue weighted by molar-refractivity contribution is 7.88. The van der Waals surface area contributed by atoms with E-state index in [1.165, 1.54) is 0 Å². The van der Waals surface area contributed by atoms with E-state index < -0.39 is 16.1 Å². The van der Waals surface area contributed by atoms with Gasteiger partial charge in [0.15, 0.2) is 0 Å². The zero-order valence-electron chi connectivity index (χ0n) is 12.2. The van der Waals surface area contributed by atoms with E-state index in [-0.39, 0.29) is 5.89 Å². The van der Waals surface area contributed by atoms with E-state index in [2.05, 4.69) is 19.8 Å². The highest BCUT2D eigenvalue weighted by Crippen LogP contribution is 2.27. The first kappa shape index (κ1) is 15.1. The van der Waals surface area contributed by atoms with Gasteiger partial charge in [0.05, 0.1) is 27.5 Å². The van der Waals surface area contributed by atoms with Crippen LogP contribution in [0.1, 0.15) is 23.9 Å². The van der Waals surface area contributed by atoms with Crippen molar-refractivity contribution in [3.63, 3.8) is 0 Å². The molecule has 0 aliphatic carbocycles. The van der Waals surface area contributed by atoms with Crippen LogP contribution in [0, 0.1) is 6.92 Å². The second kappa shape index (κ2) is 5.41. The van der Waals surface area contributed by atoms with Gasteiger partial charge in [0.2, 0.25) is 21.7 Å². The maximum Gasteiger partial charge on any atom is 0.244 e. The first-order valence-electron chi connectivity index (χ1n) is 6.50. The number of fused-ring (bicyclic) bond motifs is 1. The molecule has 0 bridgehead atoms. The molecule has 9 heteroatoms. The first-order valence-corrected chi connectivity index (χ1v) is 9.21. The summed E-state index contributed by atoms with van der Waals surface area (Å²) in [5, 5.41) is 4.91. The second-order valence-corrected chi connectivity index (χ2v) is 8.00. The molecule has 1 atom stereocenters. The monoisotopic (exact) mass is 338 g/mol. The number of sulfonamides is 1. The van der Waals surface area contributed by atoms with Gasteiger partial charge in [0.25, 0.3) is 0 Å². The summed E-state index contributed by atoms with van der Waals surface area (Å²) < 4.78 is 31.1. The third-order valence-electron chi connectivity index (χ3n) is 2.96. The van der Waals surface area contributed by atoms with E-state index in [9.17, 15) is 8.42 Å². The van der Waals surface area contributed by atoms with E-state index in [0.29, 0.717) is 5.82 Å². The summed E-state index contributed by atoms with van der Waals surface area (Å²) in [6, 6.07) is 5.14. The van der Waals surface area contributed by atoms with Crippen LogP contribution in [0.3, 0.4) is 0 Å². The van der Waals surface area contributed by atoms with Crippen LogP contribution in [0.5, 0.6) is 0 Å². The van der Waals surface area contributed by atoms with Gasteiger partial charge in [-0.05, 0) is 32.0 Å². The van der Waals surface area contributed by atoms with Gasteiger partial charge >= 0.3 is 0 Å². The molecule has 22 heavy (non-hydrogen) atoms. The van der Waals surface area contributed by atoms with Gasteiger partial charge in [-0.25, -0.2) is 18.1 Å². The highest BCUT2D eigenvalue weighted by Gasteiger charge is 2.18. The molecule has 0 radical (unpaired) electrons. The molecule has 0 aliphatic heterocycles. The van der Waals surface area contributed by atoms with Gasteiger partial charge < -0.3 is 4.52 Å². The lowest BCUT2D eigenvalue weighted by Gasteiger charge is -2.05. The molecular weight excluding hydrogens is 324 g/mol. The topological polar surface area (TPSA) is 98.0 Å². The number of aryl methyl sites for hydroxylation is 1. The Morgan fingerprint density at radius 2 is 2.09 bits per heavy atom. The number of nitrogens with zero attached hydrogens (tertiary/aromatic N) is 3. The minimum atomic E-state index is -3.34. The van der Waals surface area contributed by atoms with Gasteiger partial charge in [-0.1, -0.05) is 5.16 Å². The Labute approximate surface area is 131 Å². The highest BCUT2D eigenvalue weighted by atomic mass is 32.2. The summed E-state index contributed by atoms with van der Waals surface area (Å²) in [7, 11) is -3.34. The van der Waals surface area contributed by atoms with E-state index in [0.717, 1.165) is 27.0 Å². The van der Waals surface area contributed by atoms with Crippen molar-refractivity contribution in [2.45, 2.75) is 19.9 Å². The van der Waals surface area contributed by atoms with E-state index in [1.807, 2.05) is 25.1 Å². The summed E-state index contributed by atoms with van der Waals surface area (Å²) in [4.78, 5) is 8.66. The zero-order valence-corrected chi connectivity index (χ0v) is 13.8. The predicted molar refractivity (Wildman–Crippen MR) is 84.0 cm³/mol. The normalized spacial score (nSPS) is 13.6. The van der Waals surface area contributed by atoms with Crippen LogP contribution < -0.4 is 4.72 Å². The Hall–Kier alpha value is -1.84. The number of rotatable bonds is 4. The van der Waals surface area contributed by atoms with Crippen molar-refractivity contribution in [3.8, 4) is 11.4 Å². The molecule has 1 N–H and O–H groups in total. The summed E-state index contributed by atoms with van der Waals surface area (Å²) >= 11 is 1.59. The molecule has 0 saturated carbocycles. The lowest BCUT2D eigenvalue weighted by atomic mass is 10.2. The zero-order chi connectivity index (χ0) is 15.9. The predicted octanol–water partition coefficient (Wildman–Crippen LogP) is 2.26. The van der Waals surface area contributed by atoms with Gasteiger partial charge in [-0.2, -0.15) is 4.98 Å². The Bertz CT molecular complexity index is 930. The third kappa shape index (κ3) is 3.16. The van der Waals surface area contributed by atoms with Crippen molar-refractivity contribution in [2.24, 2.45) is 0 Å². The summed E-state index contributed by atoms with van der Waals surface area (Å²) in [5.41, 5.74) is 1.74. The van der Waals surface area contributed by atoms with Crippen LogP contribution in [0.15, 0.2) is 22.7 Å². The maximum absolute atomic E-state index is 11.2. The SMILES string of the molecule is Cc1nc2ccc(-c3noc(C(C)NS(C)(=O)=O)n3)cc2s1. The molecule has 0 spiro atoms. The summed E-state index contributed by atoms with van der Waals surface area (Å²) in [6.07, 6.45) is 1.08. The van der Waals surface area contributed by atoms with Crippen molar-refractivity contribution in [3.05, 3.63) is 29.1 Å². The number of hydrogen-bond acceptors (Lipinski definition) is 7. The number of nitrogens with one attached hydrogen (secondary N) is 1. The van der Waals surface area contributed by atoms with E-state index in [4.69, 9.17) is 4.52 Å². The van der Waals surface area contributed by atoms with Crippen molar-refractivity contribution in [1.82, 2.24) is 19.8 Å². The molecular formula is C13H14N4O3S2. The Morgan fingerprint density at radius 3 is 2.82 bits per heavy atom. The maximum atomic E-state index is 11.2. The number of benzene rings is 1. The summed E-state index contributed by atoms with van der Waals surface area (Å²) in [5.74, 6) is 0.645. The van der Waals surface area contributed by atoms with Crippen LogP contribution in [0.2, 0.25) is 0 Å². The lowest BCUT2D eigenvalue weighted by Crippen LogP contribution is -2.25. The molecule has 116 valence electrons. The fourth-order valence-corrected chi connectivity index (χ4v) is 3.69. The minimum Gasteiger partial charge on any atom is -0.337 e. The molecule has 7 nitrogen and oxygen atoms in total. The first-order chi connectivity index (χ1) is 10.3. The van der Waals surface area contributed by atoms with Gasteiger partial charge in [0.1, 0.15) is 0 Å².